The summed E-state index contributed by atoms with van der Waals surface area (Å²) in [6.45, 7) is 5.81. The summed E-state index contributed by atoms with van der Waals surface area (Å²) in [5, 5.41) is 13.2. The highest BCUT2D eigenvalue weighted by Crippen LogP contribution is 2.38. The number of anilines is 1. The van der Waals surface area contributed by atoms with E-state index in [0.29, 0.717) is 18.8 Å². The minimum atomic E-state index is -0.000729. The predicted molar refractivity (Wildman–Crippen MR) is 119 cm³/mol. The Morgan fingerprint density at radius 1 is 1.13 bits per heavy atom. The van der Waals surface area contributed by atoms with Crippen LogP contribution in [0.15, 0.2) is 18.2 Å². The molecule has 3 heterocycles. The maximum absolute atomic E-state index is 12.5. The molecule has 8 heteroatoms. The van der Waals surface area contributed by atoms with E-state index in [1.54, 1.807) is 11.3 Å². The lowest BCUT2D eigenvalue weighted by Crippen LogP contribution is -2.46. The molecule has 1 saturated heterocycles. The van der Waals surface area contributed by atoms with Crippen LogP contribution < -0.4 is 14.8 Å². The molecule has 1 aliphatic carbocycles. The normalized spacial score (nSPS) is 18.0. The summed E-state index contributed by atoms with van der Waals surface area (Å²) >= 11 is 1.58. The van der Waals surface area contributed by atoms with Gasteiger partial charge in [0.05, 0.1) is 5.56 Å². The maximum Gasteiger partial charge on any atom is 0.231 e. The van der Waals surface area contributed by atoms with Crippen molar-refractivity contribution in [1.82, 2.24) is 9.80 Å². The summed E-state index contributed by atoms with van der Waals surface area (Å²) < 4.78 is 10.8. The molecule has 31 heavy (non-hydrogen) atoms. The van der Waals surface area contributed by atoms with Crippen molar-refractivity contribution in [2.45, 2.75) is 32.2 Å². The summed E-state index contributed by atoms with van der Waals surface area (Å²) in [7, 11) is 0. The summed E-state index contributed by atoms with van der Waals surface area (Å²) in [5.41, 5.74) is 3.07. The molecule has 0 spiro atoms. The highest BCUT2D eigenvalue weighted by Gasteiger charge is 2.24. The standard InChI is InChI=1S/C23H26N4O3S/c24-13-18-17-2-1-3-21(17)31-23(18)25-22(28)6-7-26-8-10-27(11-9-26)14-16-4-5-19-20(12-16)30-15-29-19/h4-5,12H,1-3,6-11,14-15H2,(H,25,28). The Kier molecular flexibility index (Phi) is 5.81. The second-order valence-electron chi connectivity index (χ2n) is 8.28. The quantitative estimate of drug-likeness (QED) is 0.747. The number of nitriles is 1. The Bertz CT molecular complexity index is 1020. The first-order chi connectivity index (χ1) is 15.2. The topological polar surface area (TPSA) is 77.8 Å². The first kappa shape index (κ1) is 20.3. The smallest absolute Gasteiger partial charge is 0.231 e. The minimum Gasteiger partial charge on any atom is -0.454 e. The van der Waals surface area contributed by atoms with Gasteiger partial charge in [0.15, 0.2) is 11.5 Å². The van der Waals surface area contributed by atoms with Gasteiger partial charge in [0.2, 0.25) is 12.7 Å². The van der Waals surface area contributed by atoms with Gasteiger partial charge in [0.1, 0.15) is 11.1 Å². The third kappa shape index (κ3) is 4.40. The number of fused-ring (bicyclic) bond motifs is 2. The maximum atomic E-state index is 12.5. The van der Waals surface area contributed by atoms with Gasteiger partial charge < -0.3 is 19.7 Å². The van der Waals surface area contributed by atoms with Crippen LogP contribution in [0.1, 0.15) is 34.4 Å². The average molecular weight is 439 g/mol. The number of aryl methyl sites for hydroxylation is 1. The number of ether oxygens (including phenoxy) is 2. The lowest BCUT2D eigenvalue weighted by atomic mass is 10.1. The number of nitrogens with zero attached hydrogens (tertiary/aromatic N) is 3. The van der Waals surface area contributed by atoms with Crippen LogP contribution >= 0.6 is 11.3 Å². The van der Waals surface area contributed by atoms with Gasteiger partial charge in [-0.15, -0.1) is 11.3 Å². The lowest BCUT2D eigenvalue weighted by Gasteiger charge is -2.34. The van der Waals surface area contributed by atoms with Gasteiger partial charge in [0.25, 0.3) is 0 Å². The molecule has 1 aromatic heterocycles. The number of piperazine rings is 1. The summed E-state index contributed by atoms with van der Waals surface area (Å²) in [6, 6.07) is 8.43. The number of nitrogens with one attached hydrogen (secondary N) is 1. The first-order valence-corrected chi connectivity index (χ1v) is 11.7. The Labute approximate surface area is 186 Å². The molecule has 0 unspecified atom stereocenters. The zero-order valence-electron chi connectivity index (χ0n) is 17.5. The van der Waals surface area contributed by atoms with Crippen LogP contribution in [0.4, 0.5) is 5.00 Å². The molecule has 0 saturated carbocycles. The van der Waals surface area contributed by atoms with E-state index in [-0.39, 0.29) is 5.91 Å². The largest absolute Gasteiger partial charge is 0.454 e. The van der Waals surface area contributed by atoms with Crippen molar-refractivity contribution in [2.75, 3.05) is 44.8 Å². The molecule has 1 fully saturated rings. The third-order valence-electron chi connectivity index (χ3n) is 6.25. The van der Waals surface area contributed by atoms with E-state index in [9.17, 15) is 10.1 Å². The summed E-state index contributed by atoms with van der Waals surface area (Å²) in [4.78, 5) is 18.5. The number of rotatable bonds is 6. The molecule has 1 N–H and O–H groups in total. The molecule has 1 amide bonds. The van der Waals surface area contributed by atoms with Gasteiger partial charge in [-0.1, -0.05) is 6.07 Å². The van der Waals surface area contributed by atoms with Crippen LogP contribution in [0.25, 0.3) is 0 Å². The van der Waals surface area contributed by atoms with E-state index in [2.05, 4.69) is 33.3 Å². The van der Waals surface area contributed by atoms with E-state index in [0.717, 1.165) is 80.6 Å². The van der Waals surface area contributed by atoms with E-state index in [1.165, 1.54) is 10.4 Å². The van der Waals surface area contributed by atoms with Crippen molar-refractivity contribution in [3.63, 3.8) is 0 Å². The number of amides is 1. The van der Waals surface area contributed by atoms with E-state index >= 15 is 0 Å². The van der Waals surface area contributed by atoms with Gasteiger partial charge in [0, 0.05) is 50.6 Å². The van der Waals surface area contributed by atoms with Crippen molar-refractivity contribution in [3.05, 3.63) is 39.8 Å². The van der Waals surface area contributed by atoms with Crippen LogP contribution in [0.3, 0.4) is 0 Å². The molecule has 2 aliphatic heterocycles. The van der Waals surface area contributed by atoms with Crippen LogP contribution in [0, 0.1) is 11.3 Å². The van der Waals surface area contributed by atoms with Crippen molar-refractivity contribution >= 4 is 22.2 Å². The van der Waals surface area contributed by atoms with Crippen LogP contribution in [-0.4, -0.2) is 55.2 Å². The SMILES string of the molecule is N#Cc1c(NC(=O)CCN2CCN(Cc3ccc4c(c3)OCO4)CC2)sc2c1CCC2. The van der Waals surface area contributed by atoms with Gasteiger partial charge in [-0.05, 0) is 42.5 Å². The predicted octanol–water partition coefficient (Wildman–Crippen LogP) is 2.98. The molecule has 0 bridgehead atoms. The Balaban J connectivity index is 1.07. The zero-order valence-corrected chi connectivity index (χ0v) is 18.3. The fourth-order valence-corrected chi connectivity index (χ4v) is 5.78. The second-order valence-corrected chi connectivity index (χ2v) is 9.38. The summed E-state index contributed by atoms with van der Waals surface area (Å²) in [6.07, 6.45) is 3.56. The second kappa shape index (κ2) is 8.87. The fourth-order valence-electron chi connectivity index (χ4n) is 4.53. The lowest BCUT2D eigenvalue weighted by molar-refractivity contribution is -0.116. The van der Waals surface area contributed by atoms with Gasteiger partial charge >= 0.3 is 0 Å². The van der Waals surface area contributed by atoms with E-state index in [1.807, 2.05) is 6.07 Å². The Morgan fingerprint density at radius 2 is 1.94 bits per heavy atom. The minimum absolute atomic E-state index is 0.000729. The van der Waals surface area contributed by atoms with E-state index in [4.69, 9.17) is 9.47 Å². The molecule has 2 aromatic rings. The highest BCUT2D eigenvalue weighted by atomic mass is 32.1. The summed E-state index contributed by atoms with van der Waals surface area (Å²) in [5.74, 6) is 1.65. The number of benzene rings is 1. The number of hydrogen-bond donors (Lipinski definition) is 1. The van der Waals surface area contributed by atoms with Crippen LogP contribution in [0.2, 0.25) is 0 Å². The average Bonchev–Trinajstić information content (AvgIpc) is 3.49. The number of carbonyl (C=O) groups is 1. The van der Waals surface area contributed by atoms with E-state index < -0.39 is 0 Å². The van der Waals surface area contributed by atoms with Gasteiger partial charge in [-0.25, -0.2) is 0 Å². The molecule has 3 aliphatic rings. The van der Waals surface area contributed by atoms with Crippen molar-refractivity contribution in [2.24, 2.45) is 0 Å². The molecular weight excluding hydrogens is 412 g/mol. The molecular formula is C23H26N4O3S. The molecule has 162 valence electrons. The monoisotopic (exact) mass is 438 g/mol. The van der Waals surface area contributed by atoms with Gasteiger partial charge in [-0.3, -0.25) is 9.69 Å². The van der Waals surface area contributed by atoms with Crippen molar-refractivity contribution in [3.8, 4) is 17.6 Å². The van der Waals surface area contributed by atoms with Crippen molar-refractivity contribution in [1.29, 1.82) is 5.26 Å². The molecule has 0 atom stereocenters. The molecule has 0 radical (unpaired) electrons. The first-order valence-electron chi connectivity index (χ1n) is 10.9. The van der Waals surface area contributed by atoms with Crippen LogP contribution in [-0.2, 0) is 24.2 Å². The van der Waals surface area contributed by atoms with Gasteiger partial charge in [-0.2, -0.15) is 5.26 Å². The zero-order chi connectivity index (χ0) is 21.2. The van der Waals surface area contributed by atoms with Crippen LogP contribution in [0.5, 0.6) is 11.5 Å². The number of thiophene rings is 1. The number of hydrogen-bond acceptors (Lipinski definition) is 7. The molecule has 1 aromatic carbocycles. The number of carbonyl (C=O) groups excluding carboxylic acids is 1. The Morgan fingerprint density at radius 3 is 2.77 bits per heavy atom. The molecule has 5 rings (SSSR count). The third-order valence-corrected chi connectivity index (χ3v) is 7.46. The van der Waals surface area contributed by atoms with Crippen molar-refractivity contribution < 1.29 is 14.3 Å². The molecule has 7 nitrogen and oxygen atoms in total. The fraction of sp³-hybridized carbons (Fsp3) is 0.478. The Hall–Kier alpha value is -2.60. The highest BCUT2D eigenvalue weighted by molar-refractivity contribution is 7.16.